The molecule has 1 aromatic rings. The van der Waals surface area contributed by atoms with Crippen LogP contribution in [0, 0.1) is 17.0 Å². The number of rotatable bonds is 2. The molecule has 0 fully saturated rings. The highest BCUT2D eigenvalue weighted by Gasteiger charge is 2.57. The summed E-state index contributed by atoms with van der Waals surface area (Å²) >= 11 is 0.645. The van der Waals surface area contributed by atoms with Crippen LogP contribution in [0.2, 0.25) is 0 Å². The van der Waals surface area contributed by atoms with E-state index >= 15 is 0 Å². The summed E-state index contributed by atoms with van der Waals surface area (Å²) in [4.78, 5) is 13.5. The minimum atomic E-state index is -4.92. The molecule has 1 N–H and O–H groups in total. The van der Waals surface area contributed by atoms with E-state index in [1.54, 1.807) is 6.92 Å². The number of nitrogens with zero attached hydrogens (tertiary/aromatic N) is 2. The molecule has 9 heteroatoms. The molecule has 0 radical (unpaired) electrons. The van der Waals surface area contributed by atoms with Crippen LogP contribution in [-0.4, -0.2) is 32.7 Å². The van der Waals surface area contributed by atoms with Crippen LogP contribution < -0.4 is 0 Å². The van der Waals surface area contributed by atoms with Gasteiger partial charge in [0.25, 0.3) is 11.4 Å². The third-order valence-electron chi connectivity index (χ3n) is 2.73. The van der Waals surface area contributed by atoms with Gasteiger partial charge in [-0.3, -0.25) is 10.1 Å². The Morgan fingerprint density at radius 2 is 2.15 bits per heavy atom. The number of benzene rings is 1. The maximum atomic E-state index is 12.7. The molecule has 0 spiro atoms. The summed E-state index contributed by atoms with van der Waals surface area (Å²) < 4.78 is 38.0. The summed E-state index contributed by atoms with van der Waals surface area (Å²) in [6.07, 6.45) is -4.92. The van der Waals surface area contributed by atoms with Gasteiger partial charge in [-0.1, -0.05) is 6.07 Å². The molecule has 0 saturated carbocycles. The van der Waals surface area contributed by atoms with Crippen LogP contribution in [0.4, 0.5) is 18.9 Å². The topological polar surface area (TPSA) is 75.7 Å². The van der Waals surface area contributed by atoms with Gasteiger partial charge >= 0.3 is 6.18 Å². The number of alkyl halides is 3. The minimum absolute atomic E-state index is 0.0137. The first-order chi connectivity index (χ1) is 9.14. The fraction of sp³-hybridized carbons (Fsp3) is 0.364. The van der Waals surface area contributed by atoms with Crippen LogP contribution in [0.1, 0.15) is 11.1 Å². The van der Waals surface area contributed by atoms with Crippen molar-refractivity contribution in [3.8, 4) is 0 Å². The quantitative estimate of drug-likeness (QED) is 0.673. The predicted octanol–water partition coefficient (Wildman–Crippen LogP) is 2.65. The smallest absolute Gasteiger partial charge is 0.361 e. The highest BCUT2D eigenvalue weighted by molar-refractivity contribution is 8.14. The molecule has 1 unspecified atom stereocenters. The summed E-state index contributed by atoms with van der Waals surface area (Å²) in [5.41, 5.74) is -2.89. The van der Waals surface area contributed by atoms with E-state index in [1.165, 1.54) is 18.2 Å². The molecule has 0 aliphatic carbocycles. The van der Waals surface area contributed by atoms with E-state index in [1.807, 2.05) is 0 Å². The zero-order valence-electron chi connectivity index (χ0n) is 10.1. The van der Waals surface area contributed by atoms with Gasteiger partial charge in [0.05, 0.1) is 16.2 Å². The van der Waals surface area contributed by atoms with E-state index in [0.717, 1.165) is 0 Å². The maximum Gasteiger partial charge on any atom is 0.439 e. The van der Waals surface area contributed by atoms with E-state index in [9.17, 15) is 28.4 Å². The average molecular weight is 306 g/mol. The summed E-state index contributed by atoms with van der Waals surface area (Å²) in [6.45, 7) is 1.66. The first kappa shape index (κ1) is 14.8. The van der Waals surface area contributed by atoms with Crippen molar-refractivity contribution in [2.75, 3.05) is 5.75 Å². The van der Waals surface area contributed by atoms with Crippen molar-refractivity contribution < 1.29 is 23.2 Å². The summed E-state index contributed by atoms with van der Waals surface area (Å²) in [7, 11) is 0. The molecule has 1 aliphatic heterocycles. The lowest BCUT2D eigenvalue weighted by Gasteiger charge is -2.21. The number of thioether (sulfide) groups is 1. The SMILES string of the molecule is Cc1ccc([N+](=O)[O-])c(C2=NC(O)(C(F)(F)F)CS2)c1. The van der Waals surface area contributed by atoms with Crippen LogP contribution in [0.25, 0.3) is 0 Å². The normalized spacial score (nSPS) is 22.8. The van der Waals surface area contributed by atoms with Crippen LogP contribution in [0.15, 0.2) is 23.2 Å². The number of hydrogen-bond acceptors (Lipinski definition) is 5. The van der Waals surface area contributed by atoms with Crippen molar-refractivity contribution >= 4 is 22.5 Å². The molecule has 0 amide bonds. The van der Waals surface area contributed by atoms with Crippen molar-refractivity contribution in [1.29, 1.82) is 0 Å². The lowest BCUT2D eigenvalue weighted by atomic mass is 10.1. The first-order valence-electron chi connectivity index (χ1n) is 5.41. The molecule has 0 aromatic heterocycles. The van der Waals surface area contributed by atoms with E-state index in [0.29, 0.717) is 17.3 Å². The van der Waals surface area contributed by atoms with Crippen molar-refractivity contribution in [3.63, 3.8) is 0 Å². The second-order valence-electron chi connectivity index (χ2n) is 4.30. The second-order valence-corrected chi connectivity index (χ2v) is 5.26. The largest absolute Gasteiger partial charge is 0.439 e. The Hall–Kier alpha value is -1.61. The van der Waals surface area contributed by atoms with Crippen LogP contribution >= 0.6 is 11.8 Å². The monoisotopic (exact) mass is 306 g/mol. The summed E-state index contributed by atoms with van der Waals surface area (Å²) in [5.74, 6) is -0.711. The van der Waals surface area contributed by atoms with Gasteiger partial charge in [-0.2, -0.15) is 13.2 Å². The van der Waals surface area contributed by atoms with Crippen molar-refractivity contribution in [2.45, 2.75) is 18.8 Å². The third-order valence-corrected chi connectivity index (χ3v) is 3.86. The van der Waals surface area contributed by atoms with Crippen molar-refractivity contribution in [2.24, 2.45) is 4.99 Å². The van der Waals surface area contributed by atoms with Crippen LogP contribution in [-0.2, 0) is 0 Å². The minimum Gasteiger partial charge on any atom is -0.361 e. The molecule has 1 atom stereocenters. The molecule has 1 aliphatic rings. The number of aliphatic imine (C=N–C) groups is 1. The number of aliphatic hydroxyl groups is 1. The second kappa shape index (κ2) is 4.74. The molecule has 5 nitrogen and oxygen atoms in total. The summed E-state index contributed by atoms with van der Waals surface area (Å²) in [5, 5.41) is 20.2. The lowest BCUT2D eigenvalue weighted by Crippen LogP contribution is -2.43. The Bertz CT molecular complexity index is 603. The zero-order valence-corrected chi connectivity index (χ0v) is 11.0. The molecule has 2 rings (SSSR count). The van der Waals surface area contributed by atoms with E-state index in [4.69, 9.17) is 0 Å². The molecule has 108 valence electrons. The van der Waals surface area contributed by atoms with Crippen LogP contribution in [0.5, 0.6) is 0 Å². The Labute approximate surface area is 115 Å². The molecule has 1 heterocycles. The van der Waals surface area contributed by atoms with Gasteiger partial charge in [0.1, 0.15) is 5.04 Å². The van der Waals surface area contributed by atoms with Gasteiger partial charge in [0.2, 0.25) is 0 Å². The lowest BCUT2D eigenvalue weighted by molar-refractivity contribution is -0.385. The molecule has 1 aromatic carbocycles. The maximum absolute atomic E-state index is 12.7. The molecular formula is C11H9F3N2O3S. The van der Waals surface area contributed by atoms with Gasteiger partial charge in [-0.15, -0.1) is 11.8 Å². The predicted molar refractivity (Wildman–Crippen MR) is 67.8 cm³/mol. The van der Waals surface area contributed by atoms with Gasteiger partial charge in [-0.05, 0) is 18.6 Å². The number of hydrogen-bond donors (Lipinski definition) is 1. The highest BCUT2D eigenvalue weighted by atomic mass is 32.2. The molecular weight excluding hydrogens is 297 g/mol. The molecule has 20 heavy (non-hydrogen) atoms. The fourth-order valence-electron chi connectivity index (χ4n) is 1.67. The average Bonchev–Trinajstić information content (AvgIpc) is 2.72. The fourth-order valence-corrected chi connectivity index (χ4v) is 2.77. The molecule has 0 saturated heterocycles. The van der Waals surface area contributed by atoms with Crippen LogP contribution in [0.3, 0.4) is 0 Å². The van der Waals surface area contributed by atoms with E-state index < -0.39 is 22.6 Å². The summed E-state index contributed by atoms with van der Waals surface area (Å²) in [6, 6.07) is 4.07. The van der Waals surface area contributed by atoms with Crippen molar-refractivity contribution in [3.05, 3.63) is 39.4 Å². The number of aryl methyl sites for hydroxylation is 1. The molecule has 0 bridgehead atoms. The van der Waals surface area contributed by atoms with Gasteiger partial charge in [0.15, 0.2) is 0 Å². The van der Waals surface area contributed by atoms with Gasteiger partial charge < -0.3 is 5.11 Å². The van der Waals surface area contributed by atoms with E-state index in [2.05, 4.69) is 4.99 Å². The standard InChI is InChI=1S/C11H9F3N2O3S/c1-6-2-3-8(16(18)19)7(4-6)9-15-10(17,5-20-9)11(12,13)14/h2-4,17H,5H2,1H3. The Morgan fingerprint density at radius 1 is 1.50 bits per heavy atom. The van der Waals surface area contributed by atoms with Crippen molar-refractivity contribution in [1.82, 2.24) is 0 Å². The van der Waals surface area contributed by atoms with Gasteiger partial charge in [0, 0.05) is 6.07 Å². The van der Waals surface area contributed by atoms with E-state index in [-0.39, 0.29) is 16.3 Å². The Balaban J connectivity index is 2.51. The number of nitro groups is 1. The first-order valence-corrected chi connectivity index (χ1v) is 6.40. The zero-order chi connectivity index (χ0) is 15.1. The van der Waals surface area contributed by atoms with Gasteiger partial charge in [-0.25, -0.2) is 4.99 Å². The highest BCUT2D eigenvalue weighted by Crippen LogP contribution is 2.41. The Morgan fingerprint density at radius 3 is 2.65 bits per heavy atom. The third kappa shape index (κ3) is 2.50. The Kier molecular flexibility index (Phi) is 3.51. The number of halogens is 3. The number of nitro benzene ring substituents is 1.